The molecule has 0 aromatic carbocycles. The summed E-state index contributed by atoms with van der Waals surface area (Å²) >= 11 is 0. The number of rotatable bonds is 4. The Morgan fingerprint density at radius 3 is 2.82 bits per heavy atom. The molecule has 0 aliphatic carbocycles. The second-order valence-corrected chi connectivity index (χ2v) is 4.20. The first-order valence-electron chi connectivity index (χ1n) is 5.69. The third-order valence-corrected chi connectivity index (χ3v) is 2.72. The molecule has 2 aromatic heterocycles. The lowest BCUT2D eigenvalue weighted by Crippen LogP contribution is -2.34. The Balaban J connectivity index is 2.52. The topological polar surface area (TPSA) is 66.5 Å². The maximum Gasteiger partial charge on any atom is 0.203 e. The highest BCUT2D eigenvalue weighted by Gasteiger charge is 2.16. The van der Waals surface area contributed by atoms with E-state index >= 15 is 0 Å². The van der Waals surface area contributed by atoms with Gasteiger partial charge >= 0.3 is 0 Å². The fraction of sp³-hybridized carbons (Fsp3) is 0.545. The largest absolute Gasteiger partial charge is 0.395 e. The molecule has 0 fully saturated rings. The normalized spacial score (nSPS) is 11.4. The van der Waals surface area contributed by atoms with E-state index in [4.69, 9.17) is 5.11 Å². The van der Waals surface area contributed by atoms with E-state index < -0.39 is 0 Å². The van der Waals surface area contributed by atoms with E-state index in [-0.39, 0.29) is 12.6 Å². The molecule has 0 amide bonds. The third-order valence-electron chi connectivity index (χ3n) is 2.72. The van der Waals surface area contributed by atoms with Crippen molar-refractivity contribution >= 4 is 11.5 Å². The lowest BCUT2D eigenvalue weighted by molar-refractivity contribution is 0.298. The molecule has 0 aliphatic heterocycles. The van der Waals surface area contributed by atoms with E-state index in [2.05, 4.69) is 29.0 Å². The summed E-state index contributed by atoms with van der Waals surface area (Å²) in [5.41, 5.74) is 0.729. The predicted molar refractivity (Wildman–Crippen MR) is 65.1 cm³/mol. The second-order valence-electron chi connectivity index (χ2n) is 4.20. The Morgan fingerprint density at radius 1 is 1.41 bits per heavy atom. The zero-order valence-corrected chi connectivity index (χ0v) is 10.3. The molecule has 0 saturated carbocycles. The van der Waals surface area contributed by atoms with Crippen LogP contribution >= 0.6 is 0 Å². The summed E-state index contributed by atoms with van der Waals surface area (Å²) in [6.45, 7) is 6.65. The van der Waals surface area contributed by atoms with Crippen molar-refractivity contribution < 1.29 is 5.11 Å². The monoisotopic (exact) mass is 235 g/mol. The summed E-state index contributed by atoms with van der Waals surface area (Å²) in [6.07, 6.45) is 3.57. The minimum atomic E-state index is 0.0913. The highest BCUT2D eigenvalue weighted by atomic mass is 16.3. The van der Waals surface area contributed by atoms with Gasteiger partial charge in [0.25, 0.3) is 0 Å². The highest BCUT2D eigenvalue weighted by Crippen LogP contribution is 2.19. The van der Waals surface area contributed by atoms with Gasteiger partial charge in [0.05, 0.1) is 6.61 Å². The van der Waals surface area contributed by atoms with Gasteiger partial charge < -0.3 is 10.0 Å². The molecule has 0 radical (unpaired) electrons. The first-order valence-corrected chi connectivity index (χ1v) is 5.69. The van der Waals surface area contributed by atoms with Crippen molar-refractivity contribution in [2.45, 2.75) is 26.8 Å². The molecular formula is C11H17N5O. The first kappa shape index (κ1) is 11.8. The molecule has 2 heterocycles. The van der Waals surface area contributed by atoms with Crippen LogP contribution in [0.15, 0.2) is 12.4 Å². The molecular weight excluding hydrogens is 218 g/mol. The number of hydrogen-bond donors (Lipinski definition) is 1. The van der Waals surface area contributed by atoms with Crippen molar-refractivity contribution in [3.8, 4) is 0 Å². The van der Waals surface area contributed by atoms with Crippen molar-refractivity contribution in [2.24, 2.45) is 0 Å². The molecule has 0 spiro atoms. The van der Waals surface area contributed by atoms with Crippen LogP contribution in [0.5, 0.6) is 0 Å². The van der Waals surface area contributed by atoms with E-state index in [1.165, 1.54) is 0 Å². The molecule has 92 valence electrons. The first-order chi connectivity index (χ1) is 8.15. The van der Waals surface area contributed by atoms with Crippen LogP contribution in [0.4, 0.5) is 5.82 Å². The van der Waals surface area contributed by atoms with Crippen LogP contribution < -0.4 is 4.90 Å². The van der Waals surface area contributed by atoms with E-state index in [0.29, 0.717) is 6.54 Å². The number of anilines is 1. The van der Waals surface area contributed by atoms with Crippen LogP contribution in [-0.2, 0) is 0 Å². The van der Waals surface area contributed by atoms with Crippen molar-refractivity contribution in [1.29, 1.82) is 0 Å². The molecule has 6 nitrogen and oxygen atoms in total. The molecule has 6 heteroatoms. The van der Waals surface area contributed by atoms with Gasteiger partial charge in [-0.1, -0.05) is 0 Å². The van der Waals surface area contributed by atoms with Crippen LogP contribution in [0.3, 0.4) is 0 Å². The minimum absolute atomic E-state index is 0.0913. The summed E-state index contributed by atoms with van der Waals surface area (Å²) in [5, 5.41) is 17.3. The molecule has 17 heavy (non-hydrogen) atoms. The standard InChI is InChI=1S/C11H17N5O/c1-8(2)15(6-7-17)10-11-14-13-9(3)16(11)5-4-12-10/h4-5,8,17H,6-7H2,1-3H3. The number of aryl methyl sites for hydroxylation is 1. The lowest BCUT2D eigenvalue weighted by atomic mass is 10.3. The number of aromatic nitrogens is 4. The highest BCUT2D eigenvalue weighted by molar-refractivity contribution is 5.64. The predicted octanol–water partition coefficient (Wildman–Crippen LogP) is 0.640. The number of nitrogens with zero attached hydrogens (tertiary/aromatic N) is 5. The molecule has 0 atom stereocenters. The molecule has 0 saturated heterocycles. The van der Waals surface area contributed by atoms with Crippen LogP contribution in [0, 0.1) is 6.92 Å². The Hall–Kier alpha value is -1.69. The molecule has 0 aliphatic rings. The lowest BCUT2D eigenvalue weighted by Gasteiger charge is -2.26. The number of fused-ring (bicyclic) bond motifs is 1. The van der Waals surface area contributed by atoms with E-state index in [1.807, 2.05) is 22.4 Å². The van der Waals surface area contributed by atoms with Gasteiger partial charge in [0, 0.05) is 25.0 Å². The van der Waals surface area contributed by atoms with Gasteiger partial charge in [-0.3, -0.25) is 4.40 Å². The van der Waals surface area contributed by atoms with E-state index in [9.17, 15) is 0 Å². The van der Waals surface area contributed by atoms with Gasteiger partial charge in [-0.25, -0.2) is 4.98 Å². The zero-order chi connectivity index (χ0) is 12.4. The van der Waals surface area contributed by atoms with Crippen LogP contribution in [0.25, 0.3) is 5.65 Å². The fourth-order valence-corrected chi connectivity index (χ4v) is 1.85. The molecule has 2 aromatic rings. The summed E-state index contributed by atoms with van der Waals surface area (Å²) in [5.74, 6) is 1.59. The SMILES string of the molecule is Cc1nnc2c(N(CCO)C(C)C)nccn12. The Morgan fingerprint density at radius 2 is 2.18 bits per heavy atom. The average Bonchev–Trinajstić information content (AvgIpc) is 2.68. The zero-order valence-electron chi connectivity index (χ0n) is 10.3. The van der Waals surface area contributed by atoms with Crippen molar-refractivity contribution in [2.75, 3.05) is 18.1 Å². The number of aliphatic hydroxyl groups excluding tert-OH is 1. The number of aliphatic hydroxyl groups is 1. The minimum Gasteiger partial charge on any atom is -0.395 e. The summed E-state index contributed by atoms with van der Waals surface area (Å²) in [6, 6.07) is 0.248. The summed E-state index contributed by atoms with van der Waals surface area (Å²) in [4.78, 5) is 6.37. The quantitative estimate of drug-likeness (QED) is 0.842. The van der Waals surface area contributed by atoms with Gasteiger partial charge in [0.1, 0.15) is 5.82 Å². The van der Waals surface area contributed by atoms with Gasteiger partial charge in [-0.05, 0) is 20.8 Å². The van der Waals surface area contributed by atoms with E-state index in [1.54, 1.807) is 6.20 Å². The molecule has 0 unspecified atom stereocenters. The van der Waals surface area contributed by atoms with E-state index in [0.717, 1.165) is 17.3 Å². The third kappa shape index (κ3) is 2.08. The van der Waals surface area contributed by atoms with Gasteiger partial charge in [0.2, 0.25) is 5.65 Å². The number of hydrogen-bond acceptors (Lipinski definition) is 5. The van der Waals surface area contributed by atoms with Crippen LogP contribution in [-0.4, -0.2) is 43.9 Å². The smallest absolute Gasteiger partial charge is 0.203 e. The maximum atomic E-state index is 9.11. The molecule has 0 bridgehead atoms. The van der Waals surface area contributed by atoms with Crippen molar-refractivity contribution in [1.82, 2.24) is 19.6 Å². The Labute approximate surface area is 99.9 Å². The Kier molecular flexibility index (Phi) is 3.23. The average molecular weight is 235 g/mol. The molecule has 1 N–H and O–H groups in total. The van der Waals surface area contributed by atoms with Gasteiger partial charge in [-0.2, -0.15) is 0 Å². The maximum absolute atomic E-state index is 9.11. The van der Waals surface area contributed by atoms with Gasteiger partial charge in [0.15, 0.2) is 5.82 Å². The second kappa shape index (κ2) is 4.67. The Bertz CT molecular complexity index is 508. The van der Waals surface area contributed by atoms with Crippen LogP contribution in [0.2, 0.25) is 0 Å². The van der Waals surface area contributed by atoms with Gasteiger partial charge in [-0.15, -0.1) is 10.2 Å². The summed E-state index contributed by atoms with van der Waals surface area (Å²) < 4.78 is 1.90. The van der Waals surface area contributed by atoms with Crippen LogP contribution in [0.1, 0.15) is 19.7 Å². The summed E-state index contributed by atoms with van der Waals surface area (Å²) in [7, 11) is 0. The fourth-order valence-electron chi connectivity index (χ4n) is 1.85. The molecule has 2 rings (SSSR count). The van der Waals surface area contributed by atoms with Crippen molar-refractivity contribution in [3.05, 3.63) is 18.2 Å². The van der Waals surface area contributed by atoms with Crippen molar-refractivity contribution in [3.63, 3.8) is 0 Å².